The van der Waals surface area contributed by atoms with Crippen LogP contribution in [0.4, 0.5) is 5.13 Å². The molecule has 33 heavy (non-hydrogen) atoms. The molecule has 2 heterocycles. The number of rotatable bonds is 7. The number of halogens is 1. The Hall–Kier alpha value is -2.20. The highest BCUT2D eigenvalue weighted by molar-refractivity contribution is 7.15. The Morgan fingerprint density at radius 2 is 1.97 bits per heavy atom. The molecular weight excluding hydrogens is 464 g/mol. The molecule has 9 heteroatoms. The molecule has 0 aliphatic carbocycles. The fourth-order valence-electron chi connectivity index (χ4n) is 3.89. The fraction of sp³-hybridized carbons (Fsp3) is 0.375. The molecule has 0 bridgehead atoms. The van der Waals surface area contributed by atoms with E-state index in [-0.39, 0.29) is 6.61 Å². The first kappa shape index (κ1) is 23.9. The highest BCUT2D eigenvalue weighted by Crippen LogP contribution is 2.39. The van der Waals surface area contributed by atoms with Gasteiger partial charge in [-0.2, -0.15) is 0 Å². The summed E-state index contributed by atoms with van der Waals surface area (Å²) in [4.78, 5) is 5.30. The molecule has 1 aromatic heterocycles. The molecule has 1 saturated heterocycles. The SMILES string of the molecule is CCOc1ccc(Cc2cc([C@]3(Nc4ncc(C)s4)OC[C@H](O)[C@@H](O)[C@H]3O)ccc2Cl)cc1. The Bertz CT molecular complexity index is 1090. The van der Waals surface area contributed by atoms with Crippen LogP contribution >= 0.6 is 22.9 Å². The Morgan fingerprint density at radius 1 is 1.21 bits per heavy atom. The lowest BCUT2D eigenvalue weighted by molar-refractivity contribution is -0.230. The van der Waals surface area contributed by atoms with Crippen molar-refractivity contribution in [3.63, 3.8) is 0 Å². The van der Waals surface area contributed by atoms with Crippen LogP contribution in [-0.4, -0.2) is 51.8 Å². The lowest BCUT2D eigenvalue weighted by atomic mass is 9.87. The number of thiazole rings is 1. The number of aliphatic hydroxyl groups excluding tert-OH is 3. The highest BCUT2D eigenvalue weighted by Gasteiger charge is 2.51. The zero-order chi connectivity index (χ0) is 23.6. The van der Waals surface area contributed by atoms with Gasteiger partial charge >= 0.3 is 0 Å². The summed E-state index contributed by atoms with van der Waals surface area (Å²) in [6.07, 6.45) is -1.81. The van der Waals surface area contributed by atoms with E-state index >= 15 is 0 Å². The van der Waals surface area contributed by atoms with Gasteiger partial charge in [-0.3, -0.25) is 0 Å². The average molecular weight is 491 g/mol. The van der Waals surface area contributed by atoms with Gasteiger partial charge in [0.15, 0.2) is 10.9 Å². The summed E-state index contributed by atoms with van der Waals surface area (Å²) in [5, 5.41) is 35.8. The number of ether oxygens (including phenoxy) is 2. The van der Waals surface area contributed by atoms with Crippen LogP contribution in [0.25, 0.3) is 0 Å². The first-order valence-corrected chi connectivity index (χ1v) is 11.9. The second kappa shape index (κ2) is 9.97. The van der Waals surface area contributed by atoms with Gasteiger partial charge in [-0.05, 0) is 55.7 Å². The normalized spacial score (nSPS) is 25.1. The lowest BCUT2D eigenvalue weighted by Gasteiger charge is -2.46. The van der Waals surface area contributed by atoms with Crippen molar-refractivity contribution in [1.82, 2.24) is 4.98 Å². The van der Waals surface area contributed by atoms with Crippen LogP contribution in [-0.2, 0) is 16.9 Å². The van der Waals surface area contributed by atoms with Gasteiger partial charge in [-0.25, -0.2) is 4.98 Å². The maximum absolute atomic E-state index is 11.0. The molecule has 7 nitrogen and oxygen atoms in total. The third kappa shape index (κ3) is 5.01. The number of hydrogen-bond donors (Lipinski definition) is 4. The summed E-state index contributed by atoms with van der Waals surface area (Å²) in [6, 6.07) is 13.1. The van der Waals surface area contributed by atoms with E-state index in [1.807, 2.05) is 44.2 Å². The van der Waals surface area contributed by atoms with Crippen molar-refractivity contribution in [3.05, 3.63) is 75.3 Å². The Kier molecular flexibility index (Phi) is 7.23. The van der Waals surface area contributed by atoms with Crippen LogP contribution in [0.2, 0.25) is 5.02 Å². The van der Waals surface area contributed by atoms with Gasteiger partial charge in [0.2, 0.25) is 0 Å². The van der Waals surface area contributed by atoms with E-state index in [2.05, 4.69) is 10.3 Å². The number of nitrogens with one attached hydrogen (secondary N) is 1. The first-order valence-electron chi connectivity index (χ1n) is 10.7. The monoisotopic (exact) mass is 490 g/mol. The Morgan fingerprint density at radius 3 is 2.64 bits per heavy atom. The van der Waals surface area contributed by atoms with E-state index in [4.69, 9.17) is 21.1 Å². The highest BCUT2D eigenvalue weighted by atomic mass is 35.5. The van der Waals surface area contributed by atoms with Crippen LogP contribution < -0.4 is 10.1 Å². The quantitative estimate of drug-likeness (QED) is 0.402. The van der Waals surface area contributed by atoms with Crippen LogP contribution in [0.15, 0.2) is 48.7 Å². The van der Waals surface area contributed by atoms with Crippen molar-refractivity contribution in [3.8, 4) is 5.75 Å². The van der Waals surface area contributed by atoms with Crippen molar-refractivity contribution in [2.75, 3.05) is 18.5 Å². The second-order valence-electron chi connectivity index (χ2n) is 8.01. The van der Waals surface area contributed by atoms with Crippen molar-refractivity contribution in [2.24, 2.45) is 0 Å². The van der Waals surface area contributed by atoms with E-state index in [1.165, 1.54) is 11.3 Å². The molecule has 0 radical (unpaired) electrons. The summed E-state index contributed by atoms with van der Waals surface area (Å²) in [5.41, 5.74) is 0.919. The van der Waals surface area contributed by atoms with E-state index in [0.29, 0.717) is 28.7 Å². The van der Waals surface area contributed by atoms with Gasteiger partial charge in [0.25, 0.3) is 0 Å². The third-order valence-electron chi connectivity index (χ3n) is 5.63. The number of benzene rings is 2. The van der Waals surface area contributed by atoms with Gasteiger partial charge in [-0.1, -0.05) is 29.8 Å². The smallest absolute Gasteiger partial charge is 0.195 e. The molecule has 4 rings (SSSR count). The van der Waals surface area contributed by atoms with Crippen molar-refractivity contribution in [2.45, 2.75) is 44.3 Å². The largest absolute Gasteiger partial charge is 0.494 e. The number of nitrogens with zero attached hydrogens (tertiary/aromatic N) is 1. The van der Waals surface area contributed by atoms with Crippen LogP contribution in [0, 0.1) is 6.92 Å². The van der Waals surface area contributed by atoms with Gasteiger partial charge < -0.3 is 30.1 Å². The predicted octanol–water partition coefficient (Wildman–Crippen LogP) is 3.47. The maximum atomic E-state index is 11.0. The molecule has 0 spiro atoms. The summed E-state index contributed by atoms with van der Waals surface area (Å²) in [7, 11) is 0. The van der Waals surface area contributed by atoms with Crippen LogP contribution in [0.1, 0.15) is 28.5 Å². The van der Waals surface area contributed by atoms with Crippen molar-refractivity contribution < 1.29 is 24.8 Å². The average Bonchev–Trinajstić information content (AvgIpc) is 3.21. The number of aliphatic hydroxyl groups is 3. The molecule has 1 aliphatic rings. The van der Waals surface area contributed by atoms with E-state index in [9.17, 15) is 15.3 Å². The molecule has 0 saturated carbocycles. The van der Waals surface area contributed by atoms with Gasteiger partial charge in [0.1, 0.15) is 24.1 Å². The Balaban J connectivity index is 1.70. The number of aromatic nitrogens is 1. The molecule has 0 amide bonds. The predicted molar refractivity (Wildman–Crippen MR) is 128 cm³/mol. The van der Waals surface area contributed by atoms with E-state index < -0.39 is 24.0 Å². The number of aryl methyl sites for hydroxylation is 1. The third-order valence-corrected chi connectivity index (χ3v) is 6.83. The molecule has 2 aromatic carbocycles. The first-order chi connectivity index (χ1) is 15.8. The summed E-state index contributed by atoms with van der Waals surface area (Å²) >= 11 is 7.91. The van der Waals surface area contributed by atoms with Crippen molar-refractivity contribution >= 4 is 28.1 Å². The Labute approximate surface area is 201 Å². The van der Waals surface area contributed by atoms with Gasteiger partial charge in [0, 0.05) is 21.7 Å². The summed E-state index contributed by atoms with van der Waals surface area (Å²) in [5.74, 6) is 0.800. The number of hydrogen-bond acceptors (Lipinski definition) is 8. The van der Waals surface area contributed by atoms with Gasteiger partial charge in [-0.15, -0.1) is 11.3 Å². The van der Waals surface area contributed by atoms with Gasteiger partial charge in [0.05, 0.1) is 13.2 Å². The van der Waals surface area contributed by atoms with E-state index in [1.54, 1.807) is 18.3 Å². The van der Waals surface area contributed by atoms with Crippen LogP contribution in [0.3, 0.4) is 0 Å². The number of anilines is 1. The fourth-order valence-corrected chi connectivity index (χ4v) is 4.79. The zero-order valence-corrected chi connectivity index (χ0v) is 19.9. The molecule has 1 fully saturated rings. The molecule has 176 valence electrons. The summed E-state index contributed by atoms with van der Waals surface area (Å²) in [6.45, 7) is 4.30. The summed E-state index contributed by atoms with van der Waals surface area (Å²) < 4.78 is 11.5. The molecule has 4 N–H and O–H groups in total. The maximum Gasteiger partial charge on any atom is 0.195 e. The van der Waals surface area contributed by atoms with Crippen molar-refractivity contribution in [1.29, 1.82) is 0 Å². The van der Waals surface area contributed by atoms with Crippen LogP contribution in [0.5, 0.6) is 5.75 Å². The molecule has 0 unspecified atom stereocenters. The molecule has 1 aliphatic heterocycles. The second-order valence-corrected chi connectivity index (χ2v) is 9.65. The topological polar surface area (TPSA) is 104 Å². The minimum Gasteiger partial charge on any atom is -0.494 e. The lowest BCUT2D eigenvalue weighted by Crippen LogP contribution is -2.62. The molecule has 3 aromatic rings. The minimum atomic E-state index is -1.51. The standard InChI is InChI=1S/C24H27ClN2O5S/c1-3-31-18-7-4-15(5-8-18)10-16-11-17(6-9-19(16)25)24(27-23-26-12-14(2)33-23)22(30)21(29)20(28)13-32-24/h4-9,11-12,20-22,28-30H,3,10,13H2,1-2H3,(H,26,27)/t20-,21+,22+,24-/m0/s1. The minimum absolute atomic E-state index is 0.160. The molecular formula is C24H27ClN2O5S. The molecule has 4 atom stereocenters. The van der Waals surface area contributed by atoms with E-state index in [0.717, 1.165) is 21.8 Å². The zero-order valence-electron chi connectivity index (χ0n) is 18.4.